The quantitative estimate of drug-likeness (QED) is 0.627. The summed E-state index contributed by atoms with van der Waals surface area (Å²) >= 11 is 0. The third-order valence-electron chi connectivity index (χ3n) is 3.88. The van der Waals surface area contributed by atoms with E-state index in [1.165, 1.54) is 0 Å². The molecule has 1 fully saturated rings. The van der Waals surface area contributed by atoms with Gasteiger partial charge in [-0.05, 0) is 39.0 Å². The van der Waals surface area contributed by atoms with Crippen molar-refractivity contribution in [2.45, 2.75) is 65.5 Å². The van der Waals surface area contributed by atoms with E-state index in [9.17, 15) is 5.21 Å². The Morgan fingerprint density at radius 2 is 1.54 bits per heavy atom. The Balaban J connectivity index is 2.97. The molecule has 1 N–H and O–H groups in total. The zero-order valence-electron chi connectivity index (χ0n) is 9.81. The van der Waals surface area contributed by atoms with E-state index in [0.717, 1.165) is 12.8 Å². The third kappa shape index (κ3) is 1.50. The molecule has 2 nitrogen and oxygen atoms in total. The largest absolute Gasteiger partial charge is 0.313 e. The number of hydrogen-bond acceptors (Lipinski definition) is 2. The molecule has 1 unspecified atom stereocenters. The third-order valence-corrected chi connectivity index (χ3v) is 3.88. The van der Waals surface area contributed by atoms with Gasteiger partial charge in [-0.2, -0.15) is 5.06 Å². The molecule has 1 aliphatic heterocycles. The molecule has 1 aliphatic rings. The highest BCUT2D eigenvalue weighted by Gasteiger charge is 2.52. The SMILES string of the molecule is CC1(C)CCC(C)(C(C)(C)C)N1O. The van der Waals surface area contributed by atoms with E-state index in [-0.39, 0.29) is 16.5 Å². The van der Waals surface area contributed by atoms with Crippen molar-refractivity contribution in [1.82, 2.24) is 5.06 Å². The standard InChI is InChI=1S/C11H23NO/c1-9(2,3)11(6)8-7-10(4,5)12(11)13/h13H,7-8H2,1-6H3. The van der Waals surface area contributed by atoms with Crippen LogP contribution in [0.25, 0.3) is 0 Å². The minimum Gasteiger partial charge on any atom is -0.313 e. The topological polar surface area (TPSA) is 23.5 Å². The highest BCUT2D eigenvalue weighted by Crippen LogP contribution is 2.48. The fraction of sp³-hybridized carbons (Fsp3) is 1.00. The van der Waals surface area contributed by atoms with E-state index in [1.807, 2.05) is 0 Å². The van der Waals surface area contributed by atoms with Crippen molar-refractivity contribution >= 4 is 0 Å². The van der Waals surface area contributed by atoms with Crippen LogP contribution >= 0.6 is 0 Å². The Hall–Kier alpha value is -0.0800. The minimum atomic E-state index is -0.0868. The first kappa shape index (κ1) is 11.0. The second-order valence-corrected chi connectivity index (χ2v) is 6.15. The molecule has 0 saturated carbocycles. The van der Waals surface area contributed by atoms with Gasteiger partial charge >= 0.3 is 0 Å². The van der Waals surface area contributed by atoms with Crippen LogP contribution in [0.15, 0.2) is 0 Å². The van der Waals surface area contributed by atoms with Gasteiger partial charge in [0.15, 0.2) is 0 Å². The van der Waals surface area contributed by atoms with E-state index in [4.69, 9.17) is 0 Å². The van der Waals surface area contributed by atoms with Gasteiger partial charge in [0, 0.05) is 11.1 Å². The lowest BCUT2D eigenvalue weighted by Crippen LogP contribution is -2.54. The molecular formula is C11H23NO. The molecule has 1 heterocycles. The van der Waals surface area contributed by atoms with Gasteiger partial charge in [-0.1, -0.05) is 20.8 Å². The van der Waals surface area contributed by atoms with Crippen molar-refractivity contribution in [3.63, 3.8) is 0 Å². The maximum atomic E-state index is 10.1. The molecule has 0 aromatic carbocycles. The van der Waals surface area contributed by atoms with Crippen molar-refractivity contribution in [3.05, 3.63) is 0 Å². The molecule has 2 heteroatoms. The van der Waals surface area contributed by atoms with Crippen molar-refractivity contribution in [3.8, 4) is 0 Å². The summed E-state index contributed by atoms with van der Waals surface area (Å²) in [4.78, 5) is 0. The van der Waals surface area contributed by atoms with E-state index in [0.29, 0.717) is 0 Å². The summed E-state index contributed by atoms with van der Waals surface area (Å²) < 4.78 is 0. The van der Waals surface area contributed by atoms with Crippen LogP contribution in [0.2, 0.25) is 0 Å². The fourth-order valence-corrected chi connectivity index (χ4v) is 2.12. The molecule has 0 amide bonds. The van der Waals surface area contributed by atoms with Crippen LogP contribution in [0.5, 0.6) is 0 Å². The first-order valence-electron chi connectivity index (χ1n) is 5.10. The zero-order valence-corrected chi connectivity index (χ0v) is 9.81. The van der Waals surface area contributed by atoms with Crippen LogP contribution in [0.3, 0.4) is 0 Å². The molecule has 78 valence electrons. The van der Waals surface area contributed by atoms with Crippen molar-refractivity contribution < 1.29 is 5.21 Å². The van der Waals surface area contributed by atoms with E-state index < -0.39 is 0 Å². The summed E-state index contributed by atoms with van der Waals surface area (Å²) in [6, 6.07) is 0. The molecule has 1 saturated heterocycles. The lowest BCUT2D eigenvalue weighted by Gasteiger charge is -2.45. The normalized spacial score (nSPS) is 35.3. The molecule has 0 bridgehead atoms. The Morgan fingerprint density at radius 3 is 1.69 bits per heavy atom. The Labute approximate surface area is 81.9 Å². The van der Waals surface area contributed by atoms with Crippen LogP contribution in [0.1, 0.15) is 54.4 Å². The van der Waals surface area contributed by atoms with Gasteiger partial charge in [-0.3, -0.25) is 0 Å². The van der Waals surface area contributed by atoms with E-state index in [2.05, 4.69) is 41.5 Å². The number of rotatable bonds is 0. The highest BCUT2D eigenvalue weighted by atomic mass is 16.5. The molecule has 0 aromatic heterocycles. The number of nitrogens with zero attached hydrogens (tertiary/aromatic N) is 1. The lowest BCUT2D eigenvalue weighted by atomic mass is 9.74. The summed E-state index contributed by atoms with van der Waals surface area (Å²) in [5, 5.41) is 11.7. The van der Waals surface area contributed by atoms with E-state index in [1.54, 1.807) is 5.06 Å². The van der Waals surface area contributed by atoms with Gasteiger partial charge in [-0.25, -0.2) is 0 Å². The van der Waals surface area contributed by atoms with Crippen LogP contribution in [-0.4, -0.2) is 21.3 Å². The smallest absolute Gasteiger partial charge is 0.0487 e. The molecule has 1 rings (SSSR count). The monoisotopic (exact) mass is 185 g/mol. The average molecular weight is 185 g/mol. The molecule has 0 radical (unpaired) electrons. The van der Waals surface area contributed by atoms with Gasteiger partial charge in [0.2, 0.25) is 0 Å². The predicted octanol–water partition coefficient (Wildman–Crippen LogP) is 3.05. The minimum absolute atomic E-state index is 0.0674. The fourth-order valence-electron chi connectivity index (χ4n) is 2.12. The molecule has 0 aliphatic carbocycles. The maximum absolute atomic E-state index is 10.1. The van der Waals surface area contributed by atoms with Crippen molar-refractivity contribution in [1.29, 1.82) is 0 Å². The van der Waals surface area contributed by atoms with Crippen molar-refractivity contribution in [2.75, 3.05) is 0 Å². The maximum Gasteiger partial charge on any atom is 0.0487 e. The first-order valence-corrected chi connectivity index (χ1v) is 5.10. The molecule has 0 aromatic rings. The van der Waals surface area contributed by atoms with Gasteiger partial charge in [0.05, 0.1) is 0 Å². The highest BCUT2D eigenvalue weighted by molar-refractivity contribution is 5.04. The van der Waals surface area contributed by atoms with Gasteiger partial charge in [-0.15, -0.1) is 0 Å². The summed E-state index contributed by atoms with van der Waals surface area (Å²) in [6.07, 6.45) is 2.14. The van der Waals surface area contributed by atoms with Gasteiger partial charge in [0.25, 0.3) is 0 Å². The summed E-state index contributed by atoms with van der Waals surface area (Å²) in [6.45, 7) is 12.9. The summed E-state index contributed by atoms with van der Waals surface area (Å²) in [7, 11) is 0. The number of hydroxylamine groups is 2. The Morgan fingerprint density at radius 1 is 1.08 bits per heavy atom. The lowest BCUT2D eigenvalue weighted by molar-refractivity contribution is -0.223. The second-order valence-electron chi connectivity index (χ2n) is 6.15. The van der Waals surface area contributed by atoms with Crippen LogP contribution < -0.4 is 0 Å². The first-order chi connectivity index (χ1) is 5.61. The molecule has 0 spiro atoms. The number of hydrogen-bond donors (Lipinski definition) is 1. The molecule has 13 heavy (non-hydrogen) atoms. The van der Waals surface area contributed by atoms with E-state index >= 15 is 0 Å². The zero-order chi connectivity index (χ0) is 10.5. The Kier molecular flexibility index (Phi) is 2.29. The van der Waals surface area contributed by atoms with Crippen LogP contribution in [0, 0.1) is 5.41 Å². The molecular weight excluding hydrogens is 162 g/mol. The van der Waals surface area contributed by atoms with Crippen molar-refractivity contribution in [2.24, 2.45) is 5.41 Å². The predicted molar refractivity (Wildman–Crippen MR) is 54.8 cm³/mol. The summed E-state index contributed by atoms with van der Waals surface area (Å²) in [5.41, 5.74) is -0.0337. The second kappa shape index (κ2) is 2.71. The Bertz CT molecular complexity index is 205. The molecule has 1 atom stereocenters. The average Bonchev–Trinajstić information content (AvgIpc) is 2.14. The van der Waals surface area contributed by atoms with Gasteiger partial charge in [0.1, 0.15) is 0 Å². The van der Waals surface area contributed by atoms with Gasteiger partial charge < -0.3 is 5.21 Å². The van der Waals surface area contributed by atoms with Crippen LogP contribution in [-0.2, 0) is 0 Å². The summed E-state index contributed by atoms with van der Waals surface area (Å²) in [5.74, 6) is 0. The van der Waals surface area contributed by atoms with Crippen LogP contribution in [0.4, 0.5) is 0 Å².